The van der Waals surface area contributed by atoms with Crippen molar-refractivity contribution in [1.29, 1.82) is 0 Å². The van der Waals surface area contributed by atoms with Gasteiger partial charge in [0.05, 0.1) is 11.6 Å². The lowest BCUT2D eigenvalue weighted by atomic mass is 9.79. The predicted octanol–water partition coefficient (Wildman–Crippen LogP) is 3.66. The minimum atomic E-state index is -0.667. The van der Waals surface area contributed by atoms with Crippen LogP contribution in [0.15, 0.2) is 67.1 Å². The summed E-state index contributed by atoms with van der Waals surface area (Å²) in [7, 11) is 0. The Balaban J connectivity index is 1.59. The summed E-state index contributed by atoms with van der Waals surface area (Å²) in [6, 6.07) is 16.8. The van der Waals surface area contributed by atoms with Crippen LogP contribution < -0.4 is 5.32 Å². The number of amides is 2. The first-order valence-corrected chi connectivity index (χ1v) is 11.0. The number of rotatable bonds is 6. The first-order valence-electron chi connectivity index (χ1n) is 11.0. The number of nitrogens with zero attached hydrogens (tertiary/aromatic N) is 3. The summed E-state index contributed by atoms with van der Waals surface area (Å²) in [5, 5.41) is 3.00. The minimum Gasteiger partial charge on any atom is -0.356 e. The Hall–Kier alpha value is -3.54. The molecule has 32 heavy (non-hydrogen) atoms. The van der Waals surface area contributed by atoms with Crippen molar-refractivity contribution in [2.24, 2.45) is 5.41 Å². The predicted molar refractivity (Wildman–Crippen MR) is 124 cm³/mol. The summed E-state index contributed by atoms with van der Waals surface area (Å²) < 4.78 is 0. The second-order valence-corrected chi connectivity index (χ2v) is 8.45. The molecule has 0 radical (unpaired) electrons. The van der Waals surface area contributed by atoms with Gasteiger partial charge in [-0.3, -0.25) is 14.6 Å². The van der Waals surface area contributed by atoms with Gasteiger partial charge in [-0.2, -0.15) is 0 Å². The van der Waals surface area contributed by atoms with Crippen LogP contribution in [0.25, 0.3) is 11.1 Å². The molecular weight excluding hydrogens is 400 g/mol. The average Bonchev–Trinajstić information content (AvgIpc) is 3.25. The average molecular weight is 429 g/mol. The molecular formula is C26H28N4O2. The van der Waals surface area contributed by atoms with Crippen LogP contribution in [0, 0.1) is 12.3 Å². The van der Waals surface area contributed by atoms with E-state index in [-0.39, 0.29) is 11.8 Å². The second kappa shape index (κ2) is 9.30. The van der Waals surface area contributed by atoms with E-state index in [2.05, 4.69) is 64.7 Å². The Morgan fingerprint density at radius 1 is 1.09 bits per heavy atom. The monoisotopic (exact) mass is 428 g/mol. The maximum atomic E-state index is 13.2. The highest BCUT2D eigenvalue weighted by Crippen LogP contribution is 2.36. The molecule has 6 heteroatoms. The number of hydrogen-bond acceptors (Lipinski definition) is 4. The first-order chi connectivity index (χ1) is 15.5. The van der Waals surface area contributed by atoms with Gasteiger partial charge >= 0.3 is 0 Å². The molecule has 6 nitrogen and oxygen atoms in total. The van der Waals surface area contributed by atoms with Crippen molar-refractivity contribution in [3.63, 3.8) is 0 Å². The van der Waals surface area contributed by atoms with Crippen LogP contribution in [-0.4, -0.2) is 46.3 Å². The molecule has 1 saturated heterocycles. The number of aromatic nitrogens is 2. The Morgan fingerprint density at radius 3 is 2.62 bits per heavy atom. The van der Waals surface area contributed by atoms with Crippen LogP contribution in [0.4, 0.5) is 0 Å². The third-order valence-corrected chi connectivity index (χ3v) is 6.10. The highest BCUT2D eigenvalue weighted by molar-refractivity contribution is 5.93. The number of likely N-dealkylation sites (tertiary alicyclic amines) is 1. The zero-order chi connectivity index (χ0) is 22.6. The molecule has 1 aliphatic rings. The van der Waals surface area contributed by atoms with Crippen LogP contribution in [0.2, 0.25) is 0 Å². The SMILES string of the molecule is CCNC(=O)C1(Cc2cccc(-c3ccc(C)cc3)c2)CCN(C(=O)c2cnccn2)C1. The minimum absolute atomic E-state index is 0.00446. The van der Waals surface area contributed by atoms with Crippen molar-refractivity contribution in [2.75, 3.05) is 19.6 Å². The highest BCUT2D eigenvalue weighted by atomic mass is 16.2. The first kappa shape index (κ1) is 21.7. The molecule has 0 spiro atoms. The molecule has 0 aliphatic carbocycles. The fraction of sp³-hybridized carbons (Fsp3) is 0.308. The molecule has 164 valence electrons. The highest BCUT2D eigenvalue weighted by Gasteiger charge is 2.46. The van der Waals surface area contributed by atoms with Crippen molar-refractivity contribution in [3.8, 4) is 11.1 Å². The molecule has 2 aromatic carbocycles. The van der Waals surface area contributed by atoms with Crippen molar-refractivity contribution >= 4 is 11.8 Å². The molecule has 3 aromatic rings. The number of nitrogens with one attached hydrogen (secondary N) is 1. The van der Waals surface area contributed by atoms with Gasteiger partial charge in [0, 0.05) is 32.0 Å². The Bertz CT molecular complexity index is 1100. The maximum Gasteiger partial charge on any atom is 0.274 e. The van der Waals surface area contributed by atoms with E-state index in [0.29, 0.717) is 38.2 Å². The summed E-state index contributed by atoms with van der Waals surface area (Å²) in [4.78, 5) is 36.0. The molecule has 4 rings (SSSR count). The van der Waals surface area contributed by atoms with Crippen LogP contribution in [0.5, 0.6) is 0 Å². The van der Waals surface area contributed by atoms with Gasteiger partial charge in [0.25, 0.3) is 5.91 Å². The van der Waals surface area contributed by atoms with Crippen molar-refractivity contribution in [1.82, 2.24) is 20.2 Å². The lowest BCUT2D eigenvalue weighted by molar-refractivity contribution is -0.130. The van der Waals surface area contributed by atoms with Gasteiger partial charge in [0.2, 0.25) is 5.91 Å². The summed E-state index contributed by atoms with van der Waals surface area (Å²) in [6.45, 7) is 5.43. The van der Waals surface area contributed by atoms with Gasteiger partial charge in [-0.05, 0) is 43.4 Å². The van der Waals surface area contributed by atoms with Crippen molar-refractivity contribution in [2.45, 2.75) is 26.7 Å². The maximum absolute atomic E-state index is 13.2. The van der Waals surface area contributed by atoms with Crippen LogP contribution in [0.3, 0.4) is 0 Å². The summed E-state index contributed by atoms with van der Waals surface area (Å²) >= 11 is 0. The normalized spacial score (nSPS) is 17.9. The van der Waals surface area contributed by atoms with Gasteiger partial charge in [-0.1, -0.05) is 54.1 Å². The zero-order valence-corrected chi connectivity index (χ0v) is 18.5. The lowest BCUT2D eigenvalue weighted by Crippen LogP contribution is -2.45. The molecule has 1 fully saturated rings. The van der Waals surface area contributed by atoms with Gasteiger partial charge in [0.1, 0.15) is 5.69 Å². The van der Waals surface area contributed by atoms with E-state index in [9.17, 15) is 9.59 Å². The Labute approximate surface area is 188 Å². The van der Waals surface area contributed by atoms with Crippen LogP contribution in [-0.2, 0) is 11.2 Å². The summed E-state index contributed by atoms with van der Waals surface area (Å²) in [5.74, 6) is -0.187. The van der Waals surface area contributed by atoms with Crippen LogP contribution >= 0.6 is 0 Å². The molecule has 2 heterocycles. The van der Waals surface area contributed by atoms with Crippen molar-refractivity contribution in [3.05, 3.63) is 83.9 Å². The van der Waals surface area contributed by atoms with E-state index in [4.69, 9.17) is 0 Å². The quantitative estimate of drug-likeness (QED) is 0.650. The second-order valence-electron chi connectivity index (χ2n) is 8.45. The van der Waals surface area contributed by atoms with Gasteiger partial charge in [-0.25, -0.2) is 4.98 Å². The molecule has 1 aromatic heterocycles. The number of hydrogen-bond donors (Lipinski definition) is 1. The lowest BCUT2D eigenvalue weighted by Gasteiger charge is -2.28. The molecule has 0 saturated carbocycles. The molecule has 2 amide bonds. The third-order valence-electron chi connectivity index (χ3n) is 6.10. The number of benzene rings is 2. The molecule has 1 unspecified atom stereocenters. The summed E-state index contributed by atoms with van der Waals surface area (Å²) in [6.07, 6.45) is 5.71. The van der Waals surface area contributed by atoms with E-state index in [1.54, 1.807) is 11.1 Å². The Morgan fingerprint density at radius 2 is 1.91 bits per heavy atom. The summed E-state index contributed by atoms with van der Waals surface area (Å²) in [5.41, 5.74) is 4.22. The van der Waals surface area contributed by atoms with E-state index < -0.39 is 5.41 Å². The zero-order valence-electron chi connectivity index (χ0n) is 18.5. The number of carbonyl (C=O) groups excluding carboxylic acids is 2. The number of carbonyl (C=O) groups is 2. The van der Waals surface area contributed by atoms with Gasteiger partial charge in [-0.15, -0.1) is 0 Å². The van der Waals surface area contributed by atoms with E-state index in [1.165, 1.54) is 18.0 Å². The smallest absolute Gasteiger partial charge is 0.274 e. The van der Waals surface area contributed by atoms with E-state index in [1.807, 2.05) is 13.0 Å². The topological polar surface area (TPSA) is 75.2 Å². The van der Waals surface area contributed by atoms with Crippen molar-refractivity contribution < 1.29 is 9.59 Å². The van der Waals surface area contributed by atoms with Crippen LogP contribution in [0.1, 0.15) is 35.0 Å². The molecule has 1 N–H and O–H groups in total. The number of aryl methyl sites for hydroxylation is 1. The standard InChI is InChI=1S/C26H28N4O2/c1-3-28-25(32)26(11-14-30(18-26)24(31)23-17-27-12-13-29-23)16-20-5-4-6-22(15-20)21-9-7-19(2)8-10-21/h4-10,12-13,15,17H,3,11,14,16,18H2,1-2H3,(H,28,32). The fourth-order valence-corrected chi connectivity index (χ4v) is 4.37. The molecule has 1 atom stereocenters. The fourth-order valence-electron chi connectivity index (χ4n) is 4.37. The Kier molecular flexibility index (Phi) is 6.30. The van der Waals surface area contributed by atoms with Gasteiger partial charge in [0.15, 0.2) is 0 Å². The largest absolute Gasteiger partial charge is 0.356 e. The third kappa shape index (κ3) is 4.54. The van der Waals surface area contributed by atoms with E-state index in [0.717, 1.165) is 16.7 Å². The molecule has 1 aliphatic heterocycles. The molecule has 0 bridgehead atoms. The van der Waals surface area contributed by atoms with Gasteiger partial charge < -0.3 is 10.2 Å². The van der Waals surface area contributed by atoms with E-state index >= 15 is 0 Å².